The van der Waals surface area contributed by atoms with E-state index in [2.05, 4.69) is 71.5 Å². The van der Waals surface area contributed by atoms with E-state index in [-0.39, 0.29) is 5.41 Å². The van der Waals surface area contributed by atoms with Crippen molar-refractivity contribution in [2.24, 2.45) is 4.99 Å². The summed E-state index contributed by atoms with van der Waals surface area (Å²) in [5, 5.41) is 14.6. The summed E-state index contributed by atoms with van der Waals surface area (Å²) in [7, 11) is 0. The van der Waals surface area contributed by atoms with Crippen LogP contribution in [-0.4, -0.2) is 40.4 Å². The molecule has 0 unspecified atom stereocenters. The fraction of sp³-hybridized carbons (Fsp3) is 0.650. The van der Waals surface area contributed by atoms with Crippen molar-refractivity contribution in [3.63, 3.8) is 0 Å². The number of hydrogen-bond acceptors (Lipinski definition) is 4. The van der Waals surface area contributed by atoms with Crippen molar-refractivity contribution >= 4 is 17.3 Å². The number of nitrogens with zero attached hydrogens (tertiary/aromatic N) is 4. The molecule has 2 rings (SSSR count). The van der Waals surface area contributed by atoms with Crippen LogP contribution in [0.2, 0.25) is 0 Å². The molecule has 0 aromatic carbocycles. The molecule has 0 saturated heterocycles. The van der Waals surface area contributed by atoms with Crippen molar-refractivity contribution in [2.45, 2.75) is 66.3 Å². The summed E-state index contributed by atoms with van der Waals surface area (Å²) in [6.07, 6.45) is 1.89. The molecule has 0 bridgehead atoms. The van der Waals surface area contributed by atoms with Crippen molar-refractivity contribution in [1.29, 1.82) is 0 Å². The van der Waals surface area contributed by atoms with Crippen LogP contribution in [0.5, 0.6) is 0 Å². The molecule has 0 aliphatic heterocycles. The van der Waals surface area contributed by atoms with Gasteiger partial charge in [-0.25, -0.2) is 4.98 Å². The van der Waals surface area contributed by atoms with Crippen molar-refractivity contribution in [3.05, 3.63) is 33.5 Å². The predicted octanol–water partition coefficient (Wildman–Crippen LogP) is 3.44. The van der Waals surface area contributed by atoms with Crippen LogP contribution in [-0.2, 0) is 18.4 Å². The average molecular weight is 391 g/mol. The first kappa shape index (κ1) is 21.4. The zero-order valence-electron chi connectivity index (χ0n) is 17.6. The topological polar surface area (TPSA) is 67.1 Å². The summed E-state index contributed by atoms with van der Waals surface area (Å²) in [5.74, 6) is 0.874. The van der Waals surface area contributed by atoms with Gasteiger partial charge in [0, 0.05) is 49.1 Å². The summed E-state index contributed by atoms with van der Waals surface area (Å²) in [6.45, 7) is 16.2. The van der Waals surface area contributed by atoms with Crippen LogP contribution in [0.1, 0.15) is 56.2 Å². The standard InChI is InChI=1S/C20H34N6S/c1-7-21-19(22-10-8-12-26-16(3)13-15(2)25-26)23-11-9-18-24-17(14-27-18)20(4,5)6/h13-14H,7-12H2,1-6H3,(H2,21,22,23). The van der Waals surface area contributed by atoms with E-state index >= 15 is 0 Å². The number of thiazole rings is 1. The summed E-state index contributed by atoms with van der Waals surface area (Å²) in [6, 6.07) is 2.11. The van der Waals surface area contributed by atoms with E-state index in [0.717, 1.165) is 50.7 Å². The van der Waals surface area contributed by atoms with Gasteiger partial charge in [0.05, 0.1) is 16.4 Å². The molecule has 6 nitrogen and oxygen atoms in total. The number of hydrogen-bond donors (Lipinski definition) is 2. The molecular formula is C20H34N6S. The highest BCUT2D eigenvalue weighted by Gasteiger charge is 2.17. The van der Waals surface area contributed by atoms with Gasteiger partial charge in [-0.3, -0.25) is 9.67 Å². The summed E-state index contributed by atoms with van der Waals surface area (Å²) in [5.41, 5.74) is 3.57. The van der Waals surface area contributed by atoms with E-state index < -0.39 is 0 Å². The lowest BCUT2D eigenvalue weighted by Crippen LogP contribution is -2.38. The van der Waals surface area contributed by atoms with Gasteiger partial charge in [0.15, 0.2) is 5.96 Å². The third-order valence-corrected chi connectivity index (χ3v) is 5.11. The van der Waals surface area contributed by atoms with Crippen LogP contribution in [0.3, 0.4) is 0 Å². The first-order valence-corrected chi connectivity index (χ1v) is 10.7. The SMILES string of the molecule is CCNC(=NCCCn1nc(C)cc1C)NCCc1nc(C(C)(C)C)cs1. The third-order valence-electron chi connectivity index (χ3n) is 4.20. The Morgan fingerprint density at radius 3 is 2.63 bits per heavy atom. The second kappa shape index (κ2) is 9.88. The molecule has 0 aliphatic rings. The van der Waals surface area contributed by atoms with Gasteiger partial charge in [0.25, 0.3) is 0 Å². The Bertz CT molecular complexity index is 738. The van der Waals surface area contributed by atoms with E-state index in [1.54, 1.807) is 11.3 Å². The van der Waals surface area contributed by atoms with Gasteiger partial charge in [-0.15, -0.1) is 11.3 Å². The average Bonchev–Trinajstić information content (AvgIpc) is 3.18. The largest absolute Gasteiger partial charge is 0.357 e. The number of aliphatic imine (C=N–C) groups is 1. The Balaban J connectivity index is 1.77. The summed E-state index contributed by atoms with van der Waals surface area (Å²) in [4.78, 5) is 9.43. The number of nitrogens with one attached hydrogen (secondary N) is 2. The van der Waals surface area contributed by atoms with Crippen molar-refractivity contribution < 1.29 is 0 Å². The summed E-state index contributed by atoms with van der Waals surface area (Å²) < 4.78 is 2.06. The Morgan fingerprint density at radius 2 is 2.04 bits per heavy atom. The normalized spacial score (nSPS) is 12.4. The second-order valence-electron chi connectivity index (χ2n) is 7.82. The molecule has 2 N–H and O–H groups in total. The maximum atomic E-state index is 4.75. The van der Waals surface area contributed by atoms with Crippen molar-refractivity contribution in [3.8, 4) is 0 Å². The third kappa shape index (κ3) is 6.97. The Morgan fingerprint density at radius 1 is 1.26 bits per heavy atom. The molecule has 2 heterocycles. The molecule has 2 aromatic rings. The zero-order valence-corrected chi connectivity index (χ0v) is 18.4. The first-order chi connectivity index (χ1) is 12.8. The molecule has 2 aromatic heterocycles. The molecule has 7 heteroatoms. The monoisotopic (exact) mass is 390 g/mol. The highest BCUT2D eigenvalue weighted by molar-refractivity contribution is 7.09. The minimum atomic E-state index is 0.115. The van der Waals surface area contributed by atoms with Gasteiger partial charge in [0.1, 0.15) is 0 Å². The molecule has 0 amide bonds. The lowest BCUT2D eigenvalue weighted by Gasteiger charge is -2.14. The number of aryl methyl sites for hydroxylation is 3. The van der Waals surface area contributed by atoms with Crippen LogP contribution < -0.4 is 10.6 Å². The fourth-order valence-electron chi connectivity index (χ4n) is 2.71. The summed E-state index contributed by atoms with van der Waals surface area (Å²) >= 11 is 1.74. The van der Waals surface area contributed by atoms with E-state index in [9.17, 15) is 0 Å². The molecular weight excluding hydrogens is 356 g/mol. The highest BCUT2D eigenvalue weighted by Crippen LogP contribution is 2.23. The van der Waals surface area contributed by atoms with Gasteiger partial charge < -0.3 is 10.6 Å². The Labute approximate surface area is 167 Å². The molecule has 27 heavy (non-hydrogen) atoms. The van der Waals surface area contributed by atoms with Crippen molar-refractivity contribution in [1.82, 2.24) is 25.4 Å². The zero-order chi connectivity index (χ0) is 19.9. The molecule has 0 saturated carbocycles. The molecule has 0 radical (unpaired) electrons. The van der Waals surface area contributed by atoms with Gasteiger partial charge >= 0.3 is 0 Å². The van der Waals surface area contributed by atoms with Crippen LogP contribution in [0.4, 0.5) is 0 Å². The maximum Gasteiger partial charge on any atom is 0.191 e. The highest BCUT2D eigenvalue weighted by atomic mass is 32.1. The predicted molar refractivity (Wildman–Crippen MR) is 115 cm³/mol. The quantitative estimate of drug-likeness (QED) is 0.412. The molecule has 150 valence electrons. The van der Waals surface area contributed by atoms with E-state index in [1.165, 1.54) is 16.4 Å². The number of guanidine groups is 1. The van der Waals surface area contributed by atoms with E-state index in [1.807, 2.05) is 6.92 Å². The lowest BCUT2D eigenvalue weighted by atomic mass is 9.93. The second-order valence-corrected chi connectivity index (χ2v) is 8.76. The minimum Gasteiger partial charge on any atom is -0.357 e. The first-order valence-electron chi connectivity index (χ1n) is 9.77. The van der Waals surface area contributed by atoms with Crippen molar-refractivity contribution in [2.75, 3.05) is 19.6 Å². The fourth-order valence-corrected chi connectivity index (χ4v) is 3.74. The molecule has 0 atom stereocenters. The van der Waals surface area contributed by atoms with Gasteiger partial charge in [-0.2, -0.15) is 5.10 Å². The lowest BCUT2D eigenvalue weighted by molar-refractivity contribution is 0.566. The van der Waals surface area contributed by atoms with Gasteiger partial charge in [-0.1, -0.05) is 20.8 Å². The van der Waals surface area contributed by atoms with E-state index in [4.69, 9.17) is 4.98 Å². The van der Waals surface area contributed by atoms with E-state index in [0.29, 0.717) is 0 Å². The Kier molecular flexibility index (Phi) is 7.83. The smallest absolute Gasteiger partial charge is 0.191 e. The molecule has 0 spiro atoms. The maximum absolute atomic E-state index is 4.75. The van der Waals surface area contributed by atoms with Crippen LogP contribution in [0.15, 0.2) is 16.4 Å². The number of aromatic nitrogens is 3. The van der Waals surface area contributed by atoms with Gasteiger partial charge in [0.2, 0.25) is 0 Å². The van der Waals surface area contributed by atoms with Crippen LogP contribution in [0.25, 0.3) is 0 Å². The van der Waals surface area contributed by atoms with Crippen LogP contribution in [0, 0.1) is 13.8 Å². The number of rotatable bonds is 8. The Hall–Kier alpha value is -1.89. The molecule has 0 fully saturated rings. The van der Waals surface area contributed by atoms with Crippen LogP contribution >= 0.6 is 11.3 Å². The minimum absolute atomic E-state index is 0.115. The molecule has 0 aliphatic carbocycles. The van der Waals surface area contributed by atoms with Gasteiger partial charge in [-0.05, 0) is 33.3 Å².